The van der Waals surface area contributed by atoms with Crippen molar-refractivity contribution in [3.63, 3.8) is 0 Å². The van der Waals surface area contributed by atoms with Gasteiger partial charge in [0.15, 0.2) is 0 Å². The van der Waals surface area contributed by atoms with Gasteiger partial charge in [0.25, 0.3) is 0 Å². The number of carbonyl (C=O) groups is 1. The van der Waals surface area contributed by atoms with Gasteiger partial charge in [0.2, 0.25) is 5.95 Å². The quantitative estimate of drug-likeness (QED) is 0.748. The highest BCUT2D eigenvalue weighted by molar-refractivity contribution is 5.86. The molecule has 25 heavy (non-hydrogen) atoms. The molecule has 1 aliphatic rings. The van der Waals surface area contributed by atoms with Crippen LogP contribution in [0.5, 0.6) is 0 Å². The maximum absolute atomic E-state index is 13.1. The third-order valence-corrected chi connectivity index (χ3v) is 4.27. The van der Waals surface area contributed by atoms with Crippen molar-refractivity contribution in [2.24, 2.45) is 5.92 Å². The molecule has 0 aliphatic carbocycles. The van der Waals surface area contributed by atoms with E-state index in [4.69, 9.17) is 4.74 Å². The van der Waals surface area contributed by atoms with Crippen LogP contribution in [0, 0.1) is 23.6 Å². The Hall–Kier alpha value is -2.94. The Kier molecular flexibility index (Phi) is 4.41. The first-order valence-electron chi connectivity index (χ1n) is 7.95. The number of aromatic nitrogens is 2. The molecule has 0 saturated carbocycles. The van der Waals surface area contributed by atoms with Crippen molar-refractivity contribution in [3.05, 3.63) is 53.6 Å². The fourth-order valence-corrected chi connectivity index (χ4v) is 2.35. The molecule has 1 saturated heterocycles. The van der Waals surface area contributed by atoms with Crippen LogP contribution in [0.3, 0.4) is 0 Å². The molecule has 0 bridgehead atoms. The molecule has 1 amide bonds. The largest absolute Gasteiger partial charge is 0.443 e. The van der Waals surface area contributed by atoms with Gasteiger partial charge in [-0.15, -0.1) is 0 Å². The van der Waals surface area contributed by atoms with Gasteiger partial charge < -0.3 is 4.74 Å². The number of hydrogen-bond acceptors (Lipinski definition) is 4. The van der Waals surface area contributed by atoms with Crippen molar-refractivity contribution < 1.29 is 13.9 Å². The van der Waals surface area contributed by atoms with Crippen LogP contribution in [0.15, 0.2) is 36.7 Å². The van der Waals surface area contributed by atoms with Gasteiger partial charge in [0, 0.05) is 30.4 Å². The molecule has 0 radical (unpaired) electrons. The molecule has 1 fully saturated rings. The number of cyclic esters (lactones) is 1. The summed E-state index contributed by atoms with van der Waals surface area (Å²) >= 11 is 0. The molecule has 2 heterocycles. The number of rotatable bonds is 1. The molecule has 3 rings (SSSR count). The monoisotopic (exact) mass is 339 g/mol. The average Bonchev–Trinajstić information content (AvgIpc) is 2.57. The Morgan fingerprint density at radius 2 is 1.92 bits per heavy atom. The van der Waals surface area contributed by atoms with Crippen molar-refractivity contribution in [2.75, 3.05) is 11.4 Å². The summed E-state index contributed by atoms with van der Waals surface area (Å²) in [6.45, 7) is 6.27. The molecule has 5 nitrogen and oxygen atoms in total. The molecule has 6 heteroatoms. The van der Waals surface area contributed by atoms with Crippen LogP contribution < -0.4 is 4.90 Å². The summed E-state index contributed by atoms with van der Waals surface area (Å²) in [5.74, 6) is 5.81. The first-order chi connectivity index (χ1) is 11.8. The van der Waals surface area contributed by atoms with Crippen LogP contribution in [0.25, 0.3) is 0 Å². The Balaban J connectivity index is 1.76. The van der Waals surface area contributed by atoms with Gasteiger partial charge in [-0.3, -0.25) is 0 Å². The normalized spacial score (nSPS) is 19.0. The van der Waals surface area contributed by atoms with Gasteiger partial charge in [-0.2, -0.15) is 0 Å². The third kappa shape index (κ3) is 3.77. The number of ether oxygens (including phenoxy) is 1. The van der Waals surface area contributed by atoms with Crippen LogP contribution in [0.2, 0.25) is 0 Å². The summed E-state index contributed by atoms with van der Waals surface area (Å²) < 4.78 is 18.6. The summed E-state index contributed by atoms with van der Waals surface area (Å²) in [5, 5.41) is 0. The molecule has 1 atom stereocenters. The van der Waals surface area contributed by atoms with E-state index in [0.717, 1.165) is 0 Å². The zero-order valence-corrected chi connectivity index (χ0v) is 14.3. The second-order valence-electron chi connectivity index (χ2n) is 6.52. The number of benzene rings is 1. The van der Waals surface area contributed by atoms with Crippen molar-refractivity contribution in [1.82, 2.24) is 9.97 Å². The second-order valence-corrected chi connectivity index (χ2v) is 6.52. The van der Waals surface area contributed by atoms with E-state index in [1.807, 2.05) is 20.8 Å². The van der Waals surface area contributed by atoms with E-state index in [9.17, 15) is 9.18 Å². The Bertz CT molecular complexity index is 853. The van der Waals surface area contributed by atoms with Gasteiger partial charge >= 0.3 is 6.09 Å². The number of hydrogen-bond donors (Lipinski definition) is 0. The van der Waals surface area contributed by atoms with Gasteiger partial charge in [0.05, 0.1) is 5.56 Å². The van der Waals surface area contributed by atoms with Crippen LogP contribution in [-0.2, 0) is 4.74 Å². The standard InChI is InChI=1S/C19H18FN3O2/c1-13-12-23(18(24)25-19(13,2)3)17-21-10-15(11-22-17)8-7-14-5-4-6-16(20)9-14/h4-6,9-11,13H,12H2,1-3H3. The minimum atomic E-state index is -0.510. The zero-order valence-electron chi connectivity index (χ0n) is 14.3. The predicted octanol–water partition coefficient (Wildman–Crippen LogP) is 3.39. The summed E-state index contributed by atoms with van der Waals surface area (Å²) in [6.07, 6.45) is 2.61. The van der Waals surface area contributed by atoms with E-state index >= 15 is 0 Å². The fourth-order valence-electron chi connectivity index (χ4n) is 2.35. The van der Waals surface area contributed by atoms with E-state index in [-0.39, 0.29) is 17.7 Å². The Morgan fingerprint density at radius 1 is 1.24 bits per heavy atom. The van der Waals surface area contributed by atoms with Crippen molar-refractivity contribution >= 4 is 12.0 Å². The molecule has 1 unspecified atom stereocenters. The first-order valence-corrected chi connectivity index (χ1v) is 7.95. The lowest BCUT2D eigenvalue weighted by molar-refractivity contribution is -0.0127. The molecule has 0 N–H and O–H groups in total. The molecule has 2 aromatic rings. The number of halogens is 1. The number of amides is 1. The maximum Gasteiger partial charge on any atom is 0.417 e. The van der Waals surface area contributed by atoms with Crippen molar-refractivity contribution in [2.45, 2.75) is 26.4 Å². The van der Waals surface area contributed by atoms with E-state index in [0.29, 0.717) is 17.7 Å². The molecule has 128 valence electrons. The van der Waals surface area contributed by atoms with Gasteiger partial charge in [-0.05, 0) is 32.0 Å². The molecule has 1 aromatic heterocycles. The maximum atomic E-state index is 13.1. The predicted molar refractivity (Wildman–Crippen MR) is 91.5 cm³/mol. The van der Waals surface area contributed by atoms with Crippen molar-refractivity contribution in [1.29, 1.82) is 0 Å². The van der Waals surface area contributed by atoms with Crippen LogP contribution in [-0.4, -0.2) is 28.2 Å². The van der Waals surface area contributed by atoms with E-state index in [1.54, 1.807) is 12.1 Å². The SMILES string of the molecule is CC1CN(c2ncc(C#Cc3cccc(F)c3)cn2)C(=O)OC1(C)C. The molecule has 1 aliphatic heterocycles. The minimum absolute atomic E-state index is 0.140. The van der Waals surface area contributed by atoms with E-state index in [1.165, 1.54) is 29.4 Å². The molecular weight excluding hydrogens is 321 g/mol. The van der Waals surface area contributed by atoms with Gasteiger partial charge in [-0.25, -0.2) is 24.1 Å². The lowest BCUT2D eigenvalue weighted by Gasteiger charge is -2.40. The smallest absolute Gasteiger partial charge is 0.417 e. The van der Waals surface area contributed by atoms with E-state index in [2.05, 4.69) is 21.8 Å². The topological polar surface area (TPSA) is 55.3 Å². The Morgan fingerprint density at radius 3 is 2.60 bits per heavy atom. The number of carbonyl (C=O) groups excluding carboxylic acids is 1. The van der Waals surface area contributed by atoms with Crippen molar-refractivity contribution in [3.8, 4) is 11.8 Å². The van der Waals surface area contributed by atoms with Crippen LogP contribution in [0.1, 0.15) is 31.9 Å². The highest BCUT2D eigenvalue weighted by atomic mass is 19.1. The van der Waals surface area contributed by atoms with E-state index < -0.39 is 11.7 Å². The highest BCUT2D eigenvalue weighted by Gasteiger charge is 2.40. The lowest BCUT2D eigenvalue weighted by atomic mass is 9.91. The summed E-state index contributed by atoms with van der Waals surface area (Å²) in [5.41, 5.74) is 0.635. The minimum Gasteiger partial charge on any atom is -0.443 e. The highest BCUT2D eigenvalue weighted by Crippen LogP contribution is 2.29. The molecule has 0 spiro atoms. The average molecular weight is 339 g/mol. The first kappa shape index (κ1) is 16.9. The fraction of sp³-hybridized carbons (Fsp3) is 0.316. The van der Waals surface area contributed by atoms with Crippen LogP contribution >= 0.6 is 0 Å². The van der Waals surface area contributed by atoms with Crippen LogP contribution in [0.4, 0.5) is 15.1 Å². The molecule has 1 aromatic carbocycles. The second kappa shape index (κ2) is 6.52. The molecular formula is C19H18FN3O2. The Labute approximate surface area is 145 Å². The summed E-state index contributed by atoms with van der Waals surface area (Å²) in [6, 6.07) is 6.04. The summed E-state index contributed by atoms with van der Waals surface area (Å²) in [4.78, 5) is 22.0. The zero-order chi connectivity index (χ0) is 18.0. The lowest BCUT2D eigenvalue weighted by Crippen LogP contribution is -2.52. The summed E-state index contributed by atoms with van der Waals surface area (Å²) in [7, 11) is 0. The van der Waals surface area contributed by atoms with Gasteiger partial charge in [-0.1, -0.05) is 24.8 Å². The number of nitrogens with zero attached hydrogens (tertiary/aromatic N) is 3. The van der Waals surface area contributed by atoms with Gasteiger partial charge in [0.1, 0.15) is 11.4 Å². The number of anilines is 1. The third-order valence-electron chi connectivity index (χ3n) is 4.27.